The normalized spacial score (nSPS) is 21.6. The maximum absolute atomic E-state index is 12.1. The molecule has 0 aliphatic carbocycles. The van der Waals surface area contributed by atoms with Crippen molar-refractivity contribution >= 4 is 5.97 Å². The number of nitrogens with zero attached hydrogens (tertiary/aromatic N) is 1. The van der Waals surface area contributed by atoms with Crippen molar-refractivity contribution in [3.05, 3.63) is 0 Å². The number of ether oxygens (including phenoxy) is 2. The number of rotatable bonds is 5. The maximum atomic E-state index is 12.1. The van der Waals surface area contributed by atoms with Crippen LogP contribution in [0.1, 0.15) is 19.8 Å². The topological polar surface area (TPSA) is 50.8 Å². The Balaban J connectivity index is 2.88. The Morgan fingerprint density at radius 1 is 1.35 bits per heavy atom. The van der Waals surface area contributed by atoms with Crippen LogP contribution in [0.2, 0.25) is 0 Å². The molecule has 1 rings (SSSR count). The summed E-state index contributed by atoms with van der Waals surface area (Å²) in [6.07, 6.45) is 1.75. The summed E-state index contributed by atoms with van der Waals surface area (Å²) in [4.78, 5) is 14.3. The van der Waals surface area contributed by atoms with E-state index in [-0.39, 0.29) is 5.97 Å². The lowest BCUT2D eigenvalue weighted by Gasteiger charge is -2.39. The van der Waals surface area contributed by atoms with Crippen LogP contribution in [-0.2, 0) is 14.3 Å². The largest absolute Gasteiger partial charge is 0.468 e. The highest BCUT2D eigenvalue weighted by Gasteiger charge is 2.43. The van der Waals surface area contributed by atoms with Crippen LogP contribution in [0.5, 0.6) is 0 Å². The van der Waals surface area contributed by atoms with Crippen LogP contribution in [0.3, 0.4) is 0 Å². The van der Waals surface area contributed by atoms with Crippen LogP contribution in [0.4, 0.5) is 0 Å². The highest BCUT2D eigenvalue weighted by molar-refractivity contribution is 5.81. The fourth-order valence-corrected chi connectivity index (χ4v) is 2.45. The molecule has 5 nitrogen and oxygen atoms in total. The van der Waals surface area contributed by atoms with Crippen LogP contribution in [0, 0.1) is 0 Å². The van der Waals surface area contributed by atoms with Gasteiger partial charge in [0, 0.05) is 26.7 Å². The molecule has 0 aromatic heterocycles. The number of nitrogens with one attached hydrogen (secondary N) is 1. The van der Waals surface area contributed by atoms with Gasteiger partial charge in [0.2, 0.25) is 0 Å². The highest BCUT2D eigenvalue weighted by atomic mass is 16.5. The summed E-state index contributed by atoms with van der Waals surface area (Å²) in [7, 11) is 3.07. The van der Waals surface area contributed by atoms with E-state index in [9.17, 15) is 4.79 Å². The number of esters is 1. The monoisotopic (exact) mass is 244 g/mol. The molecule has 1 saturated heterocycles. The Morgan fingerprint density at radius 2 is 2.12 bits per heavy atom. The molecule has 1 N–H and O–H groups in total. The summed E-state index contributed by atoms with van der Waals surface area (Å²) < 4.78 is 10.2. The van der Waals surface area contributed by atoms with E-state index in [0.717, 1.165) is 32.6 Å². The van der Waals surface area contributed by atoms with Gasteiger partial charge in [0.25, 0.3) is 0 Å². The van der Waals surface area contributed by atoms with E-state index < -0.39 is 5.54 Å². The minimum absolute atomic E-state index is 0.191. The predicted molar refractivity (Wildman–Crippen MR) is 66.0 cm³/mol. The third-order valence-corrected chi connectivity index (χ3v) is 3.48. The third kappa shape index (κ3) is 3.18. The van der Waals surface area contributed by atoms with E-state index >= 15 is 0 Å². The summed E-state index contributed by atoms with van der Waals surface area (Å²) >= 11 is 0. The molecule has 1 aliphatic rings. The van der Waals surface area contributed by atoms with E-state index in [0.29, 0.717) is 13.0 Å². The second kappa shape index (κ2) is 6.93. The molecule has 1 atom stereocenters. The minimum atomic E-state index is -0.629. The van der Waals surface area contributed by atoms with Crippen molar-refractivity contribution in [3.8, 4) is 0 Å². The van der Waals surface area contributed by atoms with Gasteiger partial charge in [-0.25, -0.2) is 4.79 Å². The van der Waals surface area contributed by atoms with E-state index in [2.05, 4.69) is 10.2 Å². The van der Waals surface area contributed by atoms with Crippen LogP contribution in [0.15, 0.2) is 0 Å². The predicted octanol–water partition coefficient (Wildman–Crippen LogP) is 0.250. The lowest BCUT2D eigenvalue weighted by Crippen LogP contribution is -2.58. The standard InChI is InChI=1S/C12H24N2O3/c1-4-12(10-16-2,11(15)17-3)14-8-5-6-13-7-9-14/h13H,4-10H2,1-3H3. The second-order valence-electron chi connectivity index (χ2n) is 4.40. The average molecular weight is 244 g/mol. The first-order chi connectivity index (χ1) is 8.21. The fourth-order valence-electron chi connectivity index (χ4n) is 2.45. The molecule has 0 radical (unpaired) electrons. The lowest BCUT2D eigenvalue weighted by atomic mass is 9.94. The van der Waals surface area contributed by atoms with E-state index in [1.807, 2.05) is 6.92 Å². The number of carbonyl (C=O) groups excluding carboxylic acids is 1. The first-order valence-electron chi connectivity index (χ1n) is 6.24. The zero-order valence-corrected chi connectivity index (χ0v) is 11.1. The van der Waals surface area contributed by atoms with Crippen LogP contribution in [-0.4, -0.2) is 63.4 Å². The SMILES string of the molecule is CCC(COC)(C(=O)OC)N1CCCNCC1. The lowest BCUT2D eigenvalue weighted by molar-refractivity contribution is -0.160. The van der Waals surface area contributed by atoms with Gasteiger partial charge in [0.05, 0.1) is 13.7 Å². The number of hydrogen-bond donors (Lipinski definition) is 1. The summed E-state index contributed by atoms with van der Waals surface area (Å²) in [5.41, 5.74) is -0.629. The summed E-state index contributed by atoms with van der Waals surface area (Å²) in [6, 6.07) is 0. The average Bonchev–Trinajstić information content (AvgIpc) is 2.64. The molecule has 0 bridgehead atoms. The molecule has 5 heteroatoms. The summed E-state index contributed by atoms with van der Waals surface area (Å²) in [5.74, 6) is -0.191. The van der Waals surface area contributed by atoms with Crippen molar-refractivity contribution in [3.63, 3.8) is 0 Å². The zero-order valence-electron chi connectivity index (χ0n) is 11.1. The van der Waals surface area contributed by atoms with E-state index in [1.165, 1.54) is 7.11 Å². The van der Waals surface area contributed by atoms with Crippen LogP contribution < -0.4 is 5.32 Å². The molecule has 0 amide bonds. The van der Waals surface area contributed by atoms with Crippen molar-refractivity contribution in [1.82, 2.24) is 10.2 Å². The Morgan fingerprint density at radius 3 is 2.71 bits per heavy atom. The molecule has 0 aromatic rings. The molecule has 1 unspecified atom stereocenters. The van der Waals surface area contributed by atoms with Crippen molar-refractivity contribution in [2.24, 2.45) is 0 Å². The van der Waals surface area contributed by atoms with Gasteiger partial charge >= 0.3 is 5.97 Å². The van der Waals surface area contributed by atoms with Gasteiger partial charge in [-0.1, -0.05) is 6.92 Å². The molecular weight excluding hydrogens is 220 g/mol. The van der Waals surface area contributed by atoms with Crippen LogP contribution >= 0.6 is 0 Å². The molecule has 100 valence electrons. The zero-order chi connectivity index (χ0) is 12.7. The minimum Gasteiger partial charge on any atom is -0.468 e. The first kappa shape index (κ1) is 14.4. The van der Waals surface area contributed by atoms with Crippen LogP contribution in [0.25, 0.3) is 0 Å². The quantitative estimate of drug-likeness (QED) is 0.703. The molecule has 1 fully saturated rings. The first-order valence-corrected chi connectivity index (χ1v) is 6.24. The van der Waals surface area contributed by atoms with Gasteiger partial charge < -0.3 is 14.8 Å². The Kier molecular flexibility index (Phi) is 5.88. The van der Waals surface area contributed by atoms with Gasteiger partial charge in [-0.05, 0) is 19.4 Å². The van der Waals surface area contributed by atoms with Gasteiger partial charge in [0.1, 0.15) is 5.54 Å². The maximum Gasteiger partial charge on any atom is 0.328 e. The molecule has 0 aromatic carbocycles. The van der Waals surface area contributed by atoms with Crippen molar-refractivity contribution in [2.75, 3.05) is 47.0 Å². The smallest absolute Gasteiger partial charge is 0.328 e. The molecule has 1 aliphatic heterocycles. The third-order valence-electron chi connectivity index (χ3n) is 3.48. The Hall–Kier alpha value is -0.650. The van der Waals surface area contributed by atoms with E-state index in [4.69, 9.17) is 9.47 Å². The molecular formula is C12H24N2O3. The molecule has 0 saturated carbocycles. The number of hydrogen-bond acceptors (Lipinski definition) is 5. The number of carbonyl (C=O) groups is 1. The van der Waals surface area contributed by atoms with Crippen molar-refractivity contribution in [2.45, 2.75) is 25.3 Å². The van der Waals surface area contributed by atoms with Crippen molar-refractivity contribution in [1.29, 1.82) is 0 Å². The fraction of sp³-hybridized carbons (Fsp3) is 0.917. The van der Waals surface area contributed by atoms with E-state index in [1.54, 1.807) is 7.11 Å². The van der Waals surface area contributed by atoms with Gasteiger partial charge in [-0.2, -0.15) is 0 Å². The summed E-state index contributed by atoms with van der Waals surface area (Å²) in [6.45, 7) is 6.06. The molecule has 17 heavy (non-hydrogen) atoms. The Bertz CT molecular complexity index is 240. The van der Waals surface area contributed by atoms with Gasteiger partial charge in [-0.3, -0.25) is 4.90 Å². The second-order valence-corrected chi connectivity index (χ2v) is 4.40. The molecule has 1 heterocycles. The molecule has 0 spiro atoms. The number of methoxy groups -OCH3 is 2. The van der Waals surface area contributed by atoms with Crippen molar-refractivity contribution < 1.29 is 14.3 Å². The van der Waals surface area contributed by atoms with Gasteiger partial charge in [0.15, 0.2) is 0 Å². The highest BCUT2D eigenvalue weighted by Crippen LogP contribution is 2.23. The Labute approximate surface area is 103 Å². The van der Waals surface area contributed by atoms with Gasteiger partial charge in [-0.15, -0.1) is 0 Å². The summed E-state index contributed by atoms with van der Waals surface area (Å²) in [5, 5.41) is 3.34.